The van der Waals surface area contributed by atoms with Crippen molar-refractivity contribution in [1.82, 2.24) is 4.90 Å². The second-order valence-corrected chi connectivity index (χ2v) is 5.77. The Bertz CT molecular complexity index is 507. The largest absolute Gasteiger partial charge is 0.370 e. The van der Waals surface area contributed by atoms with Crippen molar-refractivity contribution in [2.75, 3.05) is 13.1 Å². The fraction of sp³-hybridized carbons (Fsp3) is 0.533. The smallest absolute Gasteiger partial charge is 0.123 e. The van der Waals surface area contributed by atoms with Gasteiger partial charge in [-0.3, -0.25) is 4.90 Å². The van der Waals surface area contributed by atoms with Crippen LogP contribution in [0.4, 0.5) is 4.39 Å². The first kappa shape index (κ1) is 14.0. The molecule has 1 atom stereocenters. The Morgan fingerprint density at radius 1 is 1.53 bits per heavy atom. The van der Waals surface area contributed by atoms with Crippen LogP contribution in [0.1, 0.15) is 31.9 Å². The van der Waals surface area contributed by atoms with Crippen molar-refractivity contribution in [2.24, 2.45) is 0 Å². The molecule has 1 aromatic rings. The highest BCUT2D eigenvalue weighted by Crippen LogP contribution is 2.23. The summed E-state index contributed by atoms with van der Waals surface area (Å²) in [4.78, 5) is 2.21. The topological polar surface area (TPSA) is 36.3 Å². The number of rotatable bonds is 2. The van der Waals surface area contributed by atoms with Crippen molar-refractivity contribution in [2.45, 2.75) is 39.0 Å². The second-order valence-electron chi connectivity index (χ2n) is 5.77. The standard InChI is InChI=1S/C15H19FN2O/c1-11-8-18(10-15(2,3)19-11)9-13-6-14(16)5-4-12(13)7-17/h4-6,11H,8-10H2,1-3H3. The van der Waals surface area contributed by atoms with Gasteiger partial charge in [-0.25, -0.2) is 4.39 Å². The minimum atomic E-state index is -0.297. The molecule has 4 heteroatoms. The molecule has 0 radical (unpaired) electrons. The highest BCUT2D eigenvalue weighted by Gasteiger charge is 2.31. The molecular weight excluding hydrogens is 243 g/mol. The van der Waals surface area contributed by atoms with E-state index in [2.05, 4.69) is 11.0 Å². The van der Waals surface area contributed by atoms with Crippen molar-refractivity contribution in [3.05, 3.63) is 35.1 Å². The zero-order valence-corrected chi connectivity index (χ0v) is 11.6. The zero-order chi connectivity index (χ0) is 14.0. The third-order valence-corrected chi connectivity index (χ3v) is 3.22. The summed E-state index contributed by atoms with van der Waals surface area (Å²) < 4.78 is 19.2. The zero-order valence-electron chi connectivity index (χ0n) is 11.6. The Hall–Kier alpha value is -1.44. The summed E-state index contributed by atoms with van der Waals surface area (Å²) in [5, 5.41) is 9.08. The lowest BCUT2D eigenvalue weighted by Gasteiger charge is -2.41. The van der Waals surface area contributed by atoms with E-state index in [0.717, 1.165) is 18.7 Å². The molecule has 1 aliphatic heterocycles. The van der Waals surface area contributed by atoms with E-state index >= 15 is 0 Å². The fourth-order valence-corrected chi connectivity index (χ4v) is 2.75. The molecule has 0 bridgehead atoms. The molecule has 1 aromatic carbocycles. The van der Waals surface area contributed by atoms with Crippen LogP contribution in [0.15, 0.2) is 18.2 Å². The highest BCUT2D eigenvalue weighted by molar-refractivity contribution is 5.37. The minimum Gasteiger partial charge on any atom is -0.370 e. The van der Waals surface area contributed by atoms with E-state index in [9.17, 15) is 4.39 Å². The molecule has 1 fully saturated rings. The van der Waals surface area contributed by atoms with Gasteiger partial charge in [-0.2, -0.15) is 5.26 Å². The molecule has 19 heavy (non-hydrogen) atoms. The number of ether oxygens (including phenoxy) is 1. The van der Waals surface area contributed by atoms with Crippen LogP contribution in [0.2, 0.25) is 0 Å². The molecule has 0 saturated carbocycles. The van der Waals surface area contributed by atoms with Gasteiger partial charge >= 0.3 is 0 Å². The summed E-state index contributed by atoms with van der Waals surface area (Å²) in [6.07, 6.45) is 0.142. The number of nitrogens with zero attached hydrogens (tertiary/aromatic N) is 2. The highest BCUT2D eigenvalue weighted by atomic mass is 19.1. The molecule has 102 valence electrons. The Labute approximate surface area is 113 Å². The van der Waals surface area contributed by atoms with Crippen molar-refractivity contribution < 1.29 is 9.13 Å². The molecule has 0 spiro atoms. The van der Waals surface area contributed by atoms with Gasteiger partial charge in [-0.1, -0.05) is 0 Å². The molecule has 0 amide bonds. The maximum absolute atomic E-state index is 13.3. The molecular formula is C15H19FN2O. The van der Waals surface area contributed by atoms with E-state index in [4.69, 9.17) is 10.00 Å². The predicted octanol–water partition coefficient (Wildman–Crippen LogP) is 2.70. The van der Waals surface area contributed by atoms with Crippen molar-refractivity contribution in [3.8, 4) is 6.07 Å². The first-order chi connectivity index (χ1) is 8.89. The van der Waals surface area contributed by atoms with E-state index in [1.165, 1.54) is 12.1 Å². The van der Waals surface area contributed by atoms with E-state index in [1.54, 1.807) is 6.07 Å². The van der Waals surface area contributed by atoms with E-state index < -0.39 is 0 Å². The van der Waals surface area contributed by atoms with Crippen molar-refractivity contribution >= 4 is 0 Å². The Kier molecular flexibility index (Phi) is 3.88. The van der Waals surface area contributed by atoms with Gasteiger partial charge in [0.15, 0.2) is 0 Å². The lowest BCUT2D eigenvalue weighted by molar-refractivity contribution is -0.130. The predicted molar refractivity (Wildman–Crippen MR) is 71.0 cm³/mol. The van der Waals surface area contributed by atoms with Crippen LogP contribution in [0.5, 0.6) is 0 Å². The molecule has 1 aliphatic rings. The van der Waals surface area contributed by atoms with Crippen molar-refractivity contribution in [1.29, 1.82) is 5.26 Å². The number of halogens is 1. The third-order valence-electron chi connectivity index (χ3n) is 3.22. The number of benzene rings is 1. The van der Waals surface area contributed by atoms with Crippen LogP contribution < -0.4 is 0 Å². The fourth-order valence-electron chi connectivity index (χ4n) is 2.75. The molecule has 0 N–H and O–H groups in total. The van der Waals surface area contributed by atoms with Crippen LogP contribution in [0.3, 0.4) is 0 Å². The van der Waals surface area contributed by atoms with Gasteiger partial charge in [0.2, 0.25) is 0 Å². The number of nitriles is 1. The van der Waals surface area contributed by atoms with Gasteiger partial charge in [0.25, 0.3) is 0 Å². The van der Waals surface area contributed by atoms with E-state index in [0.29, 0.717) is 12.1 Å². The van der Waals surface area contributed by atoms with Crippen LogP contribution >= 0.6 is 0 Å². The molecule has 0 aliphatic carbocycles. The lowest BCUT2D eigenvalue weighted by atomic mass is 10.0. The van der Waals surface area contributed by atoms with Gasteiger partial charge in [0.05, 0.1) is 23.3 Å². The van der Waals surface area contributed by atoms with Crippen LogP contribution in [-0.2, 0) is 11.3 Å². The van der Waals surface area contributed by atoms with Crippen LogP contribution in [0, 0.1) is 17.1 Å². The normalized spacial score (nSPS) is 23.0. The quantitative estimate of drug-likeness (QED) is 0.822. The number of hydrogen-bond acceptors (Lipinski definition) is 3. The Morgan fingerprint density at radius 3 is 2.89 bits per heavy atom. The molecule has 1 saturated heterocycles. The van der Waals surface area contributed by atoms with Crippen LogP contribution in [-0.4, -0.2) is 29.7 Å². The Balaban J connectivity index is 2.17. The van der Waals surface area contributed by atoms with E-state index in [1.807, 2.05) is 20.8 Å². The van der Waals surface area contributed by atoms with Gasteiger partial charge in [0.1, 0.15) is 5.82 Å². The summed E-state index contributed by atoms with van der Waals surface area (Å²) in [7, 11) is 0. The summed E-state index contributed by atoms with van der Waals surface area (Å²) in [5.41, 5.74) is 1.07. The number of morpholine rings is 1. The monoisotopic (exact) mass is 262 g/mol. The first-order valence-corrected chi connectivity index (χ1v) is 6.48. The van der Waals surface area contributed by atoms with Crippen LogP contribution in [0.25, 0.3) is 0 Å². The van der Waals surface area contributed by atoms with Crippen molar-refractivity contribution in [3.63, 3.8) is 0 Å². The summed E-state index contributed by atoms with van der Waals surface area (Å²) in [6.45, 7) is 8.28. The van der Waals surface area contributed by atoms with E-state index in [-0.39, 0.29) is 17.5 Å². The first-order valence-electron chi connectivity index (χ1n) is 6.48. The molecule has 1 unspecified atom stereocenters. The minimum absolute atomic E-state index is 0.142. The van der Waals surface area contributed by atoms with Gasteiger partial charge in [0, 0.05) is 19.6 Å². The molecule has 0 aromatic heterocycles. The molecule has 3 nitrogen and oxygen atoms in total. The van der Waals surface area contributed by atoms with Gasteiger partial charge < -0.3 is 4.74 Å². The molecule has 1 heterocycles. The lowest BCUT2D eigenvalue weighted by Crippen LogP contribution is -2.51. The Morgan fingerprint density at radius 2 is 2.26 bits per heavy atom. The SMILES string of the molecule is CC1CN(Cc2cc(F)ccc2C#N)CC(C)(C)O1. The second kappa shape index (κ2) is 5.28. The maximum atomic E-state index is 13.3. The summed E-state index contributed by atoms with van der Waals surface area (Å²) in [5.74, 6) is -0.297. The average Bonchev–Trinajstić information content (AvgIpc) is 2.26. The number of hydrogen-bond donors (Lipinski definition) is 0. The van der Waals surface area contributed by atoms with Gasteiger partial charge in [-0.15, -0.1) is 0 Å². The summed E-state index contributed by atoms with van der Waals surface area (Å²) >= 11 is 0. The van der Waals surface area contributed by atoms with Gasteiger partial charge in [-0.05, 0) is 44.5 Å². The summed E-state index contributed by atoms with van der Waals surface area (Å²) in [6, 6.07) is 6.44. The average molecular weight is 262 g/mol. The molecule has 2 rings (SSSR count). The third kappa shape index (κ3) is 3.52. The maximum Gasteiger partial charge on any atom is 0.123 e.